The number of anilines is 1. The number of aryl methyl sites for hydroxylation is 1. The van der Waals surface area contributed by atoms with Gasteiger partial charge in [0.15, 0.2) is 16.7 Å². The Morgan fingerprint density at radius 1 is 1.14 bits per heavy atom. The number of aromatic nitrogens is 2. The molecular weight excluding hydrogens is 490 g/mol. The van der Waals surface area contributed by atoms with Crippen LogP contribution < -0.4 is 25.1 Å². The number of amides is 1. The van der Waals surface area contributed by atoms with Crippen LogP contribution in [0, 0.1) is 6.92 Å². The van der Waals surface area contributed by atoms with E-state index < -0.39 is 5.25 Å². The number of nitrogens with one attached hydrogen (secondary N) is 1. The molecule has 0 saturated heterocycles. The van der Waals surface area contributed by atoms with Crippen LogP contribution in [0.25, 0.3) is 10.9 Å². The number of benzene rings is 3. The molecule has 8 nitrogen and oxygen atoms in total. The van der Waals surface area contributed by atoms with Crippen LogP contribution in [0.5, 0.6) is 17.2 Å². The molecule has 0 fully saturated rings. The maximum absolute atomic E-state index is 13.7. The maximum Gasteiger partial charge on any atom is 0.262 e. The van der Waals surface area contributed by atoms with E-state index >= 15 is 0 Å². The van der Waals surface area contributed by atoms with Crippen LogP contribution >= 0.6 is 11.8 Å². The van der Waals surface area contributed by atoms with Crippen molar-refractivity contribution < 1.29 is 19.0 Å². The van der Waals surface area contributed by atoms with Gasteiger partial charge in [-0.15, -0.1) is 0 Å². The monoisotopic (exact) mass is 517 g/mol. The average Bonchev–Trinajstić information content (AvgIpc) is 3.36. The van der Waals surface area contributed by atoms with E-state index in [1.54, 1.807) is 23.8 Å². The van der Waals surface area contributed by atoms with Gasteiger partial charge in [-0.3, -0.25) is 14.2 Å². The number of carbonyl (C=O) groups excluding carboxylic acids is 1. The van der Waals surface area contributed by atoms with E-state index in [9.17, 15) is 9.59 Å². The third-order valence-electron chi connectivity index (χ3n) is 6.11. The van der Waals surface area contributed by atoms with Gasteiger partial charge in [-0.05, 0) is 54.8 Å². The minimum absolute atomic E-state index is 0.102. The molecule has 0 aliphatic carbocycles. The Labute approximate surface area is 218 Å². The van der Waals surface area contributed by atoms with E-state index in [4.69, 9.17) is 19.2 Å². The van der Waals surface area contributed by atoms with Gasteiger partial charge in [0, 0.05) is 11.8 Å². The van der Waals surface area contributed by atoms with Crippen molar-refractivity contribution in [3.8, 4) is 17.2 Å². The predicted octanol–water partition coefficient (Wildman–Crippen LogP) is 5.00. The first-order valence-electron chi connectivity index (χ1n) is 12.0. The van der Waals surface area contributed by atoms with Crippen LogP contribution in [0.3, 0.4) is 0 Å². The summed E-state index contributed by atoms with van der Waals surface area (Å²) in [7, 11) is 1.61. The Morgan fingerprint density at radius 3 is 2.59 bits per heavy atom. The molecule has 1 unspecified atom stereocenters. The Balaban J connectivity index is 1.53. The van der Waals surface area contributed by atoms with Crippen molar-refractivity contribution in [3.63, 3.8) is 0 Å². The molecule has 5 rings (SSSR count). The minimum Gasteiger partial charge on any atom is -0.497 e. The molecule has 0 saturated carbocycles. The topological polar surface area (TPSA) is 91.7 Å². The Hall–Kier alpha value is -3.98. The SMILES string of the molecule is CCC(Sc1nc2cc3c(cc2c(=O)n1Cc1ccc(OC)cc1)OCO3)C(=O)Nc1cccc(C)c1. The summed E-state index contributed by atoms with van der Waals surface area (Å²) >= 11 is 1.28. The van der Waals surface area contributed by atoms with Gasteiger partial charge >= 0.3 is 0 Å². The number of nitrogens with zero attached hydrogens (tertiary/aromatic N) is 2. The Kier molecular flexibility index (Phi) is 7.05. The summed E-state index contributed by atoms with van der Waals surface area (Å²) < 4.78 is 17.9. The Morgan fingerprint density at radius 2 is 1.89 bits per heavy atom. The van der Waals surface area contributed by atoms with Crippen molar-refractivity contribution in [3.05, 3.63) is 82.1 Å². The molecule has 0 radical (unpaired) electrons. The highest BCUT2D eigenvalue weighted by Gasteiger charge is 2.24. The fraction of sp³-hybridized carbons (Fsp3) is 0.250. The summed E-state index contributed by atoms with van der Waals surface area (Å²) in [6.45, 7) is 4.31. The lowest BCUT2D eigenvalue weighted by Crippen LogP contribution is -2.28. The molecule has 37 heavy (non-hydrogen) atoms. The molecule has 1 atom stereocenters. The lowest BCUT2D eigenvalue weighted by Gasteiger charge is -2.18. The van der Waals surface area contributed by atoms with Crippen molar-refractivity contribution in [1.29, 1.82) is 0 Å². The maximum atomic E-state index is 13.7. The van der Waals surface area contributed by atoms with Crippen LogP contribution in [0.1, 0.15) is 24.5 Å². The summed E-state index contributed by atoms with van der Waals surface area (Å²) in [5.74, 6) is 1.65. The van der Waals surface area contributed by atoms with Gasteiger partial charge in [-0.2, -0.15) is 0 Å². The molecule has 3 aromatic carbocycles. The third kappa shape index (κ3) is 5.27. The zero-order chi connectivity index (χ0) is 25.9. The van der Waals surface area contributed by atoms with Gasteiger partial charge in [0.25, 0.3) is 5.56 Å². The molecule has 0 bridgehead atoms. The second-order valence-electron chi connectivity index (χ2n) is 8.73. The summed E-state index contributed by atoms with van der Waals surface area (Å²) in [6.07, 6.45) is 0.555. The number of thioether (sulfide) groups is 1. The van der Waals surface area contributed by atoms with Gasteiger partial charge in [0.1, 0.15) is 5.75 Å². The van der Waals surface area contributed by atoms with Crippen LogP contribution in [0.15, 0.2) is 70.6 Å². The lowest BCUT2D eigenvalue weighted by atomic mass is 10.2. The normalized spacial score (nSPS) is 12.9. The first-order chi connectivity index (χ1) is 17.9. The molecule has 4 aromatic rings. The van der Waals surface area contributed by atoms with Crippen molar-refractivity contribution in [2.24, 2.45) is 0 Å². The van der Waals surface area contributed by atoms with E-state index in [2.05, 4.69) is 5.32 Å². The number of methoxy groups -OCH3 is 1. The second-order valence-corrected chi connectivity index (χ2v) is 9.90. The van der Waals surface area contributed by atoms with Gasteiger partial charge in [0.05, 0.1) is 29.8 Å². The van der Waals surface area contributed by atoms with Crippen molar-refractivity contribution in [2.45, 2.75) is 37.2 Å². The molecule has 1 N–H and O–H groups in total. The molecule has 1 aliphatic heterocycles. The lowest BCUT2D eigenvalue weighted by molar-refractivity contribution is -0.115. The van der Waals surface area contributed by atoms with Crippen LogP contribution in [0.4, 0.5) is 5.69 Å². The molecule has 1 amide bonds. The first kappa shape index (κ1) is 24.7. The summed E-state index contributed by atoms with van der Waals surface area (Å²) in [5.41, 5.74) is 2.98. The number of carbonyl (C=O) groups is 1. The minimum atomic E-state index is -0.457. The number of hydrogen-bond acceptors (Lipinski definition) is 7. The summed E-state index contributed by atoms with van der Waals surface area (Å²) in [6, 6.07) is 18.6. The molecular formula is C28H27N3O5S. The average molecular weight is 518 g/mol. The third-order valence-corrected chi connectivity index (χ3v) is 7.46. The van der Waals surface area contributed by atoms with Crippen LogP contribution in [0.2, 0.25) is 0 Å². The van der Waals surface area contributed by atoms with Gasteiger partial charge < -0.3 is 19.5 Å². The van der Waals surface area contributed by atoms with E-state index in [0.717, 1.165) is 22.6 Å². The van der Waals surface area contributed by atoms with E-state index in [1.165, 1.54) is 11.8 Å². The number of ether oxygens (including phenoxy) is 3. The van der Waals surface area contributed by atoms with Gasteiger partial charge in [-0.25, -0.2) is 4.98 Å². The largest absolute Gasteiger partial charge is 0.497 e. The smallest absolute Gasteiger partial charge is 0.262 e. The number of fused-ring (bicyclic) bond motifs is 2. The van der Waals surface area contributed by atoms with E-state index in [1.807, 2.05) is 62.4 Å². The summed E-state index contributed by atoms with van der Waals surface area (Å²) in [4.78, 5) is 31.8. The molecule has 190 valence electrons. The van der Waals surface area contributed by atoms with E-state index in [0.29, 0.717) is 40.5 Å². The molecule has 1 aromatic heterocycles. The highest BCUT2D eigenvalue weighted by Crippen LogP contribution is 2.35. The number of hydrogen-bond donors (Lipinski definition) is 1. The Bertz CT molecular complexity index is 1520. The molecule has 2 heterocycles. The van der Waals surface area contributed by atoms with Gasteiger partial charge in [-0.1, -0.05) is 43.0 Å². The number of rotatable bonds is 8. The second kappa shape index (κ2) is 10.6. The fourth-order valence-corrected chi connectivity index (χ4v) is 5.14. The fourth-order valence-electron chi connectivity index (χ4n) is 4.13. The van der Waals surface area contributed by atoms with Crippen molar-refractivity contribution >= 4 is 34.3 Å². The van der Waals surface area contributed by atoms with Crippen molar-refractivity contribution in [2.75, 3.05) is 19.2 Å². The quantitative estimate of drug-likeness (QED) is 0.260. The molecule has 1 aliphatic rings. The van der Waals surface area contributed by atoms with Crippen LogP contribution in [-0.2, 0) is 11.3 Å². The zero-order valence-corrected chi connectivity index (χ0v) is 21.6. The molecule has 0 spiro atoms. The van der Waals surface area contributed by atoms with E-state index in [-0.39, 0.29) is 18.3 Å². The predicted molar refractivity (Wildman–Crippen MR) is 144 cm³/mol. The summed E-state index contributed by atoms with van der Waals surface area (Å²) in [5, 5.41) is 3.43. The standard InChI is InChI=1S/C28H27N3O5S/c1-4-25(26(32)29-19-7-5-6-17(2)12-19)37-28-30-22-14-24-23(35-16-36-24)13-21(22)27(33)31(28)15-18-8-10-20(34-3)11-9-18/h5-14,25H,4,15-16H2,1-3H3,(H,29,32). The highest BCUT2D eigenvalue weighted by atomic mass is 32.2. The van der Waals surface area contributed by atoms with Crippen molar-refractivity contribution in [1.82, 2.24) is 9.55 Å². The zero-order valence-electron chi connectivity index (χ0n) is 20.8. The van der Waals surface area contributed by atoms with Gasteiger partial charge in [0.2, 0.25) is 12.7 Å². The van der Waals surface area contributed by atoms with Crippen LogP contribution in [-0.4, -0.2) is 34.6 Å². The highest BCUT2D eigenvalue weighted by molar-refractivity contribution is 8.00. The first-order valence-corrected chi connectivity index (χ1v) is 12.8. The molecule has 9 heteroatoms.